The predicted octanol–water partition coefficient (Wildman–Crippen LogP) is 1.65. The third-order valence-corrected chi connectivity index (χ3v) is 6.75. The van der Waals surface area contributed by atoms with Gasteiger partial charge in [-0.15, -0.1) is 5.10 Å². The first kappa shape index (κ1) is 17.3. The monoisotopic (exact) mass is 386 g/mol. The summed E-state index contributed by atoms with van der Waals surface area (Å²) in [6, 6.07) is 6.18. The van der Waals surface area contributed by atoms with Crippen LogP contribution < -0.4 is 0 Å². The number of aromatic nitrogens is 2. The molecule has 0 N–H and O–H groups in total. The number of halogens is 1. The molecule has 1 amide bonds. The van der Waals surface area contributed by atoms with Crippen molar-refractivity contribution in [2.24, 2.45) is 0 Å². The molecule has 0 bridgehead atoms. The summed E-state index contributed by atoms with van der Waals surface area (Å²) in [7, 11) is -3.61. The van der Waals surface area contributed by atoms with E-state index in [1.165, 1.54) is 16.4 Å². The third-order valence-electron chi connectivity index (χ3n) is 3.81. The second-order valence-electron chi connectivity index (χ2n) is 5.34. The lowest BCUT2D eigenvalue weighted by molar-refractivity contribution is 0.0702. The van der Waals surface area contributed by atoms with Crippen molar-refractivity contribution in [1.29, 1.82) is 0 Å². The van der Waals surface area contributed by atoms with Gasteiger partial charge in [-0.3, -0.25) is 4.79 Å². The molecule has 2 heterocycles. The SMILES string of the molecule is Cc1nnsc1C(=O)N1CCN(S(=O)(=O)c2cccc(Cl)c2)CC1. The number of sulfonamides is 1. The Labute approximate surface area is 149 Å². The minimum Gasteiger partial charge on any atom is -0.335 e. The van der Waals surface area contributed by atoms with Crippen molar-refractivity contribution in [3.8, 4) is 0 Å². The number of hydrogen-bond acceptors (Lipinski definition) is 6. The molecule has 1 aromatic carbocycles. The Bertz CT molecular complexity index is 860. The van der Waals surface area contributed by atoms with Gasteiger partial charge >= 0.3 is 0 Å². The number of benzene rings is 1. The molecule has 0 spiro atoms. The van der Waals surface area contributed by atoms with Crippen LogP contribution in [0.1, 0.15) is 15.4 Å². The zero-order valence-corrected chi connectivity index (χ0v) is 15.2. The fourth-order valence-corrected chi connectivity index (χ4v) is 4.83. The third kappa shape index (κ3) is 3.30. The van der Waals surface area contributed by atoms with Gasteiger partial charge in [-0.25, -0.2) is 8.42 Å². The molecule has 1 saturated heterocycles. The number of piperazine rings is 1. The van der Waals surface area contributed by atoms with Crippen molar-refractivity contribution in [3.63, 3.8) is 0 Å². The van der Waals surface area contributed by atoms with Crippen molar-refractivity contribution in [2.75, 3.05) is 26.2 Å². The van der Waals surface area contributed by atoms with E-state index in [0.717, 1.165) is 11.5 Å². The average molecular weight is 387 g/mol. The maximum absolute atomic E-state index is 12.6. The molecular weight excluding hydrogens is 372 g/mol. The van der Waals surface area contributed by atoms with E-state index >= 15 is 0 Å². The zero-order chi connectivity index (χ0) is 17.3. The Hall–Kier alpha value is -1.55. The first-order chi connectivity index (χ1) is 11.4. The Kier molecular flexibility index (Phi) is 4.86. The van der Waals surface area contributed by atoms with Gasteiger partial charge < -0.3 is 4.90 Å². The topological polar surface area (TPSA) is 83.5 Å². The normalized spacial score (nSPS) is 16.3. The van der Waals surface area contributed by atoms with Gasteiger partial charge in [0.05, 0.1) is 10.6 Å². The summed E-state index contributed by atoms with van der Waals surface area (Å²) in [6.07, 6.45) is 0. The molecule has 0 saturated carbocycles. The quantitative estimate of drug-likeness (QED) is 0.800. The molecule has 24 heavy (non-hydrogen) atoms. The van der Waals surface area contributed by atoms with Gasteiger partial charge in [0, 0.05) is 31.2 Å². The Morgan fingerprint density at radius 2 is 1.96 bits per heavy atom. The van der Waals surface area contributed by atoms with Gasteiger partial charge in [-0.2, -0.15) is 4.31 Å². The van der Waals surface area contributed by atoms with Gasteiger partial charge in [0.1, 0.15) is 4.88 Å². The van der Waals surface area contributed by atoms with Gasteiger partial charge in [-0.05, 0) is 36.7 Å². The number of nitrogens with zero attached hydrogens (tertiary/aromatic N) is 4. The lowest BCUT2D eigenvalue weighted by Gasteiger charge is -2.33. The van der Waals surface area contributed by atoms with E-state index in [1.54, 1.807) is 24.0 Å². The number of amides is 1. The van der Waals surface area contributed by atoms with Crippen molar-refractivity contribution < 1.29 is 13.2 Å². The highest BCUT2D eigenvalue weighted by molar-refractivity contribution is 7.89. The van der Waals surface area contributed by atoms with Crippen LogP contribution in [0.3, 0.4) is 0 Å². The number of rotatable bonds is 3. The van der Waals surface area contributed by atoms with Crippen LogP contribution in [0.5, 0.6) is 0 Å². The number of hydrogen-bond donors (Lipinski definition) is 0. The fraction of sp³-hybridized carbons (Fsp3) is 0.357. The van der Waals surface area contributed by atoms with Crippen LogP contribution in [0.4, 0.5) is 0 Å². The van der Waals surface area contributed by atoms with E-state index in [-0.39, 0.29) is 23.9 Å². The van der Waals surface area contributed by atoms with Crippen LogP contribution in [0.2, 0.25) is 5.02 Å². The molecule has 0 radical (unpaired) electrons. The average Bonchev–Trinajstić information content (AvgIpc) is 3.00. The number of aryl methyl sites for hydroxylation is 1. The second kappa shape index (κ2) is 6.75. The molecule has 10 heteroatoms. The number of carbonyl (C=O) groups is 1. The van der Waals surface area contributed by atoms with Crippen molar-refractivity contribution in [3.05, 3.63) is 39.9 Å². The van der Waals surface area contributed by atoms with Crippen LogP contribution in [0.25, 0.3) is 0 Å². The van der Waals surface area contributed by atoms with Crippen LogP contribution in [0, 0.1) is 6.92 Å². The maximum atomic E-state index is 12.6. The van der Waals surface area contributed by atoms with Gasteiger partial charge in [0.25, 0.3) is 5.91 Å². The second-order valence-corrected chi connectivity index (χ2v) is 8.47. The zero-order valence-electron chi connectivity index (χ0n) is 12.8. The standard InChI is InChI=1S/C14H15ClN4O3S2/c1-10-13(23-17-16-10)14(20)18-5-7-19(8-6-18)24(21,22)12-4-2-3-11(15)9-12/h2-4,9H,5-8H2,1H3. The van der Waals surface area contributed by atoms with E-state index in [2.05, 4.69) is 9.59 Å². The summed E-state index contributed by atoms with van der Waals surface area (Å²) in [5.74, 6) is -0.151. The van der Waals surface area contributed by atoms with Crippen molar-refractivity contribution in [2.45, 2.75) is 11.8 Å². The minimum atomic E-state index is -3.61. The van der Waals surface area contributed by atoms with Crippen LogP contribution in [-0.2, 0) is 10.0 Å². The lowest BCUT2D eigenvalue weighted by atomic mass is 10.3. The maximum Gasteiger partial charge on any atom is 0.267 e. The van der Waals surface area contributed by atoms with E-state index in [1.807, 2.05) is 0 Å². The molecule has 1 aliphatic heterocycles. The van der Waals surface area contributed by atoms with Crippen molar-refractivity contribution in [1.82, 2.24) is 18.8 Å². The summed E-state index contributed by atoms with van der Waals surface area (Å²) in [6.45, 7) is 2.88. The molecule has 0 atom stereocenters. The molecule has 1 fully saturated rings. The summed E-state index contributed by atoms with van der Waals surface area (Å²) in [4.78, 5) is 14.7. The van der Waals surface area contributed by atoms with E-state index in [0.29, 0.717) is 28.7 Å². The number of carbonyl (C=O) groups excluding carboxylic acids is 1. The lowest BCUT2D eigenvalue weighted by Crippen LogP contribution is -2.50. The van der Waals surface area contributed by atoms with Gasteiger partial charge in [0.2, 0.25) is 10.0 Å². The highest BCUT2D eigenvalue weighted by atomic mass is 35.5. The van der Waals surface area contributed by atoms with Crippen molar-refractivity contribution >= 4 is 39.1 Å². The Morgan fingerprint density at radius 1 is 1.25 bits per heavy atom. The van der Waals surface area contributed by atoms with Gasteiger partial charge in [-0.1, -0.05) is 22.2 Å². The highest BCUT2D eigenvalue weighted by Crippen LogP contribution is 2.22. The first-order valence-electron chi connectivity index (χ1n) is 7.23. The predicted molar refractivity (Wildman–Crippen MR) is 90.8 cm³/mol. The Morgan fingerprint density at radius 3 is 2.54 bits per heavy atom. The molecule has 0 aliphatic carbocycles. The summed E-state index contributed by atoms with van der Waals surface area (Å²) in [5.41, 5.74) is 0.596. The molecule has 0 unspecified atom stereocenters. The van der Waals surface area contributed by atoms with Gasteiger partial charge in [0.15, 0.2) is 0 Å². The molecule has 1 aromatic heterocycles. The smallest absolute Gasteiger partial charge is 0.267 e. The fourth-order valence-electron chi connectivity index (χ4n) is 2.48. The Balaban J connectivity index is 1.71. The molecule has 2 aromatic rings. The first-order valence-corrected chi connectivity index (χ1v) is 9.82. The molecule has 128 valence electrons. The molecule has 7 nitrogen and oxygen atoms in total. The summed E-state index contributed by atoms with van der Waals surface area (Å²) < 4.78 is 30.4. The van der Waals surface area contributed by atoms with E-state index < -0.39 is 10.0 Å². The molecule has 1 aliphatic rings. The highest BCUT2D eigenvalue weighted by Gasteiger charge is 2.31. The van der Waals surface area contributed by atoms with Crippen LogP contribution >= 0.6 is 23.1 Å². The molecule has 3 rings (SSSR count). The van der Waals surface area contributed by atoms with E-state index in [9.17, 15) is 13.2 Å². The minimum absolute atomic E-state index is 0.151. The largest absolute Gasteiger partial charge is 0.335 e. The summed E-state index contributed by atoms with van der Waals surface area (Å²) in [5, 5.41) is 4.21. The van der Waals surface area contributed by atoms with Crippen LogP contribution in [0.15, 0.2) is 29.2 Å². The summed E-state index contributed by atoms with van der Waals surface area (Å²) >= 11 is 6.94. The van der Waals surface area contributed by atoms with E-state index in [4.69, 9.17) is 11.6 Å². The molecular formula is C14H15ClN4O3S2. The van der Waals surface area contributed by atoms with Crippen LogP contribution in [-0.4, -0.2) is 59.3 Å².